The van der Waals surface area contributed by atoms with Crippen LogP contribution >= 0.6 is 0 Å². The Bertz CT molecular complexity index is 341. The summed E-state index contributed by atoms with van der Waals surface area (Å²) in [6, 6.07) is 0.400. The van der Waals surface area contributed by atoms with Gasteiger partial charge in [-0.3, -0.25) is 0 Å². The highest BCUT2D eigenvalue weighted by Gasteiger charge is 2.43. The van der Waals surface area contributed by atoms with E-state index in [4.69, 9.17) is 0 Å². The Morgan fingerprint density at radius 3 is 2.52 bits per heavy atom. The van der Waals surface area contributed by atoms with Gasteiger partial charge in [-0.15, -0.1) is 0 Å². The summed E-state index contributed by atoms with van der Waals surface area (Å²) in [6.45, 7) is 6.36. The SMILES string of the molecule is CNC1C(CN2CCCC(C(F)(F)F)C2)CCCC1(C)C. The Kier molecular flexibility index (Phi) is 5.24. The first-order valence-corrected chi connectivity index (χ1v) is 8.20. The second-order valence-electron chi connectivity index (χ2n) is 7.55. The molecule has 0 aromatic carbocycles. The zero-order valence-corrected chi connectivity index (χ0v) is 13.5. The van der Waals surface area contributed by atoms with Crippen molar-refractivity contribution >= 4 is 0 Å². The molecule has 1 aliphatic heterocycles. The molecule has 0 radical (unpaired) electrons. The third kappa shape index (κ3) is 4.13. The van der Waals surface area contributed by atoms with Gasteiger partial charge in [-0.05, 0) is 50.6 Å². The molecule has 2 fully saturated rings. The zero-order valence-electron chi connectivity index (χ0n) is 13.5. The fraction of sp³-hybridized carbons (Fsp3) is 1.00. The Morgan fingerprint density at radius 2 is 1.90 bits per heavy atom. The molecule has 124 valence electrons. The Hall–Kier alpha value is -0.290. The number of rotatable bonds is 3. The zero-order chi connectivity index (χ0) is 15.7. The molecule has 1 aliphatic carbocycles. The van der Waals surface area contributed by atoms with Crippen molar-refractivity contribution in [1.29, 1.82) is 0 Å². The summed E-state index contributed by atoms with van der Waals surface area (Å²) < 4.78 is 38.8. The van der Waals surface area contributed by atoms with Crippen LogP contribution in [0.4, 0.5) is 13.2 Å². The van der Waals surface area contributed by atoms with E-state index in [9.17, 15) is 13.2 Å². The van der Waals surface area contributed by atoms with Crippen LogP contribution in [0, 0.1) is 17.3 Å². The molecule has 3 atom stereocenters. The minimum absolute atomic E-state index is 0.191. The van der Waals surface area contributed by atoms with Crippen molar-refractivity contribution < 1.29 is 13.2 Å². The molecule has 2 aliphatic rings. The molecule has 3 unspecified atom stereocenters. The van der Waals surface area contributed by atoms with Gasteiger partial charge in [0, 0.05) is 19.1 Å². The molecule has 5 heteroatoms. The normalized spacial score (nSPS) is 34.9. The van der Waals surface area contributed by atoms with Gasteiger partial charge in [0.15, 0.2) is 0 Å². The molecule has 0 aromatic rings. The first-order valence-electron chi connectivity index (χ1n) is 8.20. The van der Waals surface area contributed by atoms with Crippen molar-refractivity contribution in [3.63, 3.8) is 0 Å². The van der Waals surface area contributed by atoms with E-state index >= 15 is 0 Å². The number of hydrogen-bond acceptors (Lipinski definition) is 2. The lowest BCUT2D eigenvalue weighted by molar-refractivity contribution is -0.187. The lowest BCUT2D eigenvalue weighted by Gasteiger charge is -2.46. The van der Waals surface area contributed by atoms with Crippen LogP contribution in [0.5, 0.6) is 0 Å². The molecule has 1 saturated carbocycles. The predicted molar refractivity (Wildman–Crippen MR) is 79.2 cm³/mol. The van der Waals surface area contributed by atoms with Gasteiger partial charge in [-0.25, -0.2) is 0 Å². The van der Waals surface area contributed by atoms with Gasteiger partial charge < -0.3 is 10.2 Å². The number of likely N-dealkylation sites (tertiary alicyclic amines) is 1. The van der Waals surface area contributed by atoms with Gasteiger partial charge in [0.05, 0.1) is 5.92 Å². The molecule has 21 heavy (non-hydrogen) atoms. The van der Waals surface area contributed by atoms with Crippen LogP contribution in [-0.2, 0) is 0 Å². The molecule has 0 bridgehead atoms. The molecule has 1 heterocycles. The summed E-state index contributed by atoms with van der Waals surface area (Å²) in [4.78, 5) is 2.05. The number of halogens is 3. The van der Waals surface area contributed by atoms with E-state index in [-0.39, 0.29) is 12.0 Å². The van der Waals surface area contributed by atoms with Crippen LogP contribution in [0.15, 0.2) is 0 Å². The largest absolute Gasteiger partial charge is 0.393 e. The van der Waals surface area contributed by atoms with Gasteiger partial charge in [0.25, 0.3) is 0 Å². The molecule has 0 spiro atoms. The summed E-state index contributed by atoms with van der Waals surface area (Å²) in [5, 5.41) is 3.43. The van der Waals surface area contributed by atoms with Crippen LogP contribution in [0.25, 0.3) is 0 Å². The third-order valence-electron chi connectivity index (χ3n) is 5.48. The lowest BCUT2D eigenvalue weighted by atomic mass is 9.67. The number of nitrogens with one attached hydrogen (secondary N) is 1. The molecule has 0 amide bonds. The topological polar surface area (TPSA) is 15.3 Å². The highest BCUT2D eigenvalue weighted by molar-refractivity contribution is 4.94. The van der Waals surface area contributed by atoms with Crippen LogP contribution in [0.3, 0.4) is 0 Å². The first-order chi connectivity index (χ1) is 9.74. The van der Waals surface area contributed by atoms with Gasteiger partial charge in [-0.2, -0.15) is 13.2 Å². The maximum absolute atomic E-state index is 12.9. The summed E-state index contributed by atoms with van der Waals surface area (Å²) in [5.41, 5.74) is 0.233. The Balaban J connectivity index is 1.97. The quantitative estimate of drug-likeness (QED) is 0.856. The second kappa shape index (κ2) is 6.45. The summed E-state index contributed by atoms with van der Waals surface area (Å²) in [7, 11) is 1.99. The lowest BCUT2D eigenvalue weighted by Crippen LogP contribution is -2.53. The number of alkyl halides is 3. The molecular formula is C16H29F3N2. The predicted octanol–water partition coefficient (Wildman–Crippen LogP) is 3.68. The standard InChI is InChI=1S/C16H29F3N2/c1-15(2)8-4-6-12(14(15)20-3)10-21-9-5-7-13(11-21)16(17,18)19/h12-14,20H,4-11H2,1-3H3. The van der Waals surface area contributed by atoms with Gasteiger partial charge in [-0.1, -0.05) is 20.3 Å². The van der Waals surface area contributed by atoms with Crippen molar-refractivity contribution in [2.24, 2.45) is 17.3 Å². The number of nitrogens with zero attached hydrogens (tertiary/aromatic N) is 1. The average molecular weight is 306 g/mol. The minimum atomic E-state index is -4.03. The van der Waals surface area contributed by atoms with Crippen molar-refractivity contribution in [2.45, 2.75) is 58.2 Å². The monoisotopic (exact) mass is 306 g/mol. The van der Waals surface area contributed by atoms with E-state index in [1.54, 1.807) is 0 Å². The van der Waals surface area contributed by atoms with E-state index in [0.29, 0.717) is 24.8 Å². The Labute approximate surface area is 126 Å². The minimum Gasteiger partial charge on any atom is -0.316 e. The van der Waals surface area contributed by atoms with Crippen molar-refractivity contribution in [3.8, 4) is 0 Å². The van der Waals surface area contributed by atoms with Crippen molar-refractivity contribution in [1.82, 2.24) is 10.2 Å². The van der Waals surface area contributed by atoms with Gasteiger partial charge in [0.1, 0.15) is 0 Å². The van der Waals surface area contributed by atoms with E-state index in [1.807, 2.05) is 7.05 Å². The molecule has 1 N–H and O–H groups in total. The highest BCUT2D eigenvalue weighted by atomic mass is 19.4. The fourth-order valence-corrected chi connectivity index (χ4v) is 4.42. The van der Waals surface area contributed by atoms with Gasteiger partial charge in [0.2, 0.25) is 0 Å². The smallest absolute Gasteiger partial charge is 0.316 e. The maximum Gasteiger partial charge on any atom is 0.393 e. The second-order valence-corrected chi connectivity index (χ2v) is 7.55. The molecule has 2 rings (SSSR count). The maximum atomic E-state index is 12.9. The van der Waals surface area contributed by atoms with Crippen LogP contribution < -0.4 is 5.32 Å². The molecule has 2 nitrogen and oxygen atoms in total. The molecular weight excluding hydrogens is 277 g/mol. The fourth-order valence-electron chi connectivity index (χ4n) is 4.42. The average Bonchev–Trinajstić information content (AvgIpc) is 2.37. The van der Waals surface area contributed by atoms with E-state index < -0.39 is 12.1 Å². The number of piperidine rings is 1. The van der Waals surface area contributed by atoms with E-state index in [1.165, 1.54) is 12.8 Å². The molecule has 0 aromatic heterocycles. The summed E-state index contributed by atoms with van der Waals surface area (Å²) in [5.74, 6) is -0.665. The van der Waals surface area contributed by atoms with Crippen molar-refractivity contribution in [3.05, 3.63) is 0 Å². The third-order valence-corrected chi connectivity index (χ3v) is 5.48. The number of hydrogen-bond donors (Lipinski definition) is 1. The van der Waals surface area contributed by atoms with E-state index in [0.717, 1.165) is 19.5 Å². The van der Waals surface area contributed by atoms with Gasteiger partial charge >= 0.3 is 6.18 Å². The summed E-state index contributed by atoms with van der Waals surface area (Å²) >= 11 is 0. The van der Waals surface area contributed by atoms with E-state index in [2.05, 4.69) is 24.1 Å². The molecule has 1 saturated heterocycles. The summed E-state index contributed by atoms with van der Waals surface area (Å²) in [6.07, 6.45) is 0.442. The van der Waals surface area contributed by atoms with Crippen LogP contribution in [0.1, 0.15) is 46.0 Å². The Morgan fingerprint density at radius 1 is 1.19 bits per heavy atom. The first kappa shape index (κ1) is 17.1. The van der Waals surface area contributed by atoms with Crippen LogP contribution in [0.2, 0.25) is 0 Å². The van der Waals surface area contributed by atoms with Crippen LogP contribution in [-0.4, -0.2) is 43.8 Å². The van der Waals surface area contributed by atoms with Crippen molar-refractivity contribution in [2.75, 3.05) is 26.7 Å². The highest BCUT2D eigenvalue weighted by Crippen LogP contribution is 2.40.